The van der Waals surface area contributed by atoms with Gasteiger partial charge in [-0.25, -0.2) is 0 Å². The van der Waals surface area contributed by atoms with Gasteiger partial charge in [-0.15, -0.1) is 11.3 Å². The van der Waals surface area contributed by atoms with Crippen molar-refractivity contribution in [3.05, 3.63) is 20.8 Å². The quantitative estimate of drug-likeness (QED) is 0.793. The number of ether oxygens (including phenoxy) is 1. The van der Waals surface area contributed by atoms with Crippen molar-refractivity contribution in [2.45, 2.75) is 51.2 Å². The molecule has 1 aliphatic rings. The molecule has 0 saturated carbocycles. The Morgan fingerprint density at radius 3 is 3.06 bits per heavy atom. The highest BCUT2D eigenvalue weighted by atomic mass is 79.9. The molecule has 2 heterocycles. The second-order valence-electron chi connectivity index (χ2n) is 4.86. The largest absolute Gasteiger partial charge is 0.378 e. The maximum atomic E-state index is 5.72. The van der Waals surface area contributed by atoms with E-state index in [0.29, 0.717) is 12.1 Å². The fraction of sp³-hybridized carbons (Fsp3) is 0.714. The van der Waals surface area contributed by atoms with Crippen molar-refractivity contribution in [3.8, 4) is 0 Å². The van der Waals surface area contributed by atoms with Gasteiger partial charge in [0.15, 0.2) is 0 Å². The van der Waals surface area contributed by atoms with E-state index in [1.54, 1.807) is 0 Å². The molecule has 0 spiro atoms. The average Bonchev–Trinajstić information content (AvgIpc) is 3.01. The third-order valence-electron chi connectivity index (χ3n) is 3.38. The molecule has 102 valence electrons. The first-order chi connectivity index (χ1) is 8.79. The molecule has 0 aliphatic carbocycles. The monoisotopic (exact) mass is 331 g/mol. The van der Waals surface area contributed by atoms with Crippen LogP contribution >= 0.6 is 27.3 Å². The Morgan fingerprint density at radius 1 is 1.56 bits per heavy atom. The van der Waals surface area contributed by atoms with E-state index in [1.807, 2.05) is 11.3 Å². The number of hydrogen-bond acceptors (Lipinski definition) is 3. The second-order valence-corrected chi connectivity index (χ2v) is 7.36. The van der Waals surface area contributed by atoms with Crippen molar-refractivity contribution in [1.82, 2.24) is 5.32 Å². The topological polar surface area (TPSA) is 21.3 Å². The van der Waals surface area contributed by atoms with Crippen molar-refractivity contribution in [2.24, 2.45) is 0 Å². The molecule has 0 radical (unpaired) electrons. The van der Waals surface area contributed by atoms with Crippen molar-refractivity contribution in [2.75, 3.05) is 13.2 Å². The molecule has 1 aromatic heterocycles. The Labute approximate surface area is 122 Å². The van der Waals surface area contributed by atoms with Gasteiger partial charge < -0.3 is 10.1 Å². The van der Waals surface area contributed by atoms with Crippen LogP contribution in [0, 0.1) is 0 Å². The lowest BCUT2D eigenvalue weighted by Gasteiger charge is -2.19. The Hall–Kier alpha value is 0.1000. The van der Waals surface area contributed by atoms with E-state index in [-0.39, 0.29) is 0 Å². The van der Waals surface area contributed by atoms with Crippen molar-refractivity contribution in [3.63, 3.8) is 0 Å². The molecule has 2 rings (SSSR count). The van der Waals surface area contributed by atoms with Crippen LogP contribution in [0.1, 0.15) is 49.9 Å². The molecule has 18 heavy (non-hydrogen) atoms. The van der Waals surface area contributed by atoms with Gasteiger partial charge in [0.1, 0.15) is 0 Å². The normalized spacial score (nSPS) is 21.3. The van der Waals surface area contributed by atoms with Crippen LogP contribution in [0.3, 0.4) is 0 Å². The summed E-state index contributed by atoms with van der Waals surface area (Å²) in [7, 11) is 0. The summed E-state index contributed by atoms with van der Waals surface area (Å²) < 4.78 is 6.94. The summed E-state index contributed by atoms with van der Waals surface area (Å²) in [6.07, 6.45) is 6.52. The SMILES string of the molecule is CCCNC(CCC1CCCO1)c1ccc(Br)s1. The molecule has 1 aromatic rings. The number of nitrogens with one attached hydrogen (secondary N) is 1. The van der Waals surface area contributed by atoms with E-state index in [1.165, 1.54) is 40.8 Å². The summed E-state index contributed by atoms with van der Waals surface area (Å²) in [5.41, 5.74) is 0. The molecular formula is C14H22BrNOS. The average molecular weight is 332 g/mol. The molecule has 0 aromatic carbocycles. The number of rotatable bonds is 7. The van der Waals surface area contributed by atoms with Crippen LogP contribution in [0.5, 0.6) is 0 Å². The highest BCUT2D eigenvalue weighted by molar-refractivity contribution is 9.11. The number of halogens is 1. The van der Waals surface area contributed by atoms with Crippen LogP contribution in [0.2, 0.25) is 0 Å². The van der Waals surface area contributed by atoms with Gasteiger partial charge in [-0.1, -0.05) is 6.92 Å². The predicted molar refractivity (Wildman–Crippen MR) is 81.3 cm³/mol. The molecule has 0 bridgehead atoms. The molecule has 4 heteroatoms. The Kier molecular flexibility index (Phi) is 6.15. The van der Waals surface area contributed by atoms with Gasteiger partial charge in [-0.05, 0) is 66.7 Å². The van der Waals surface area contributed by atoms with Crippen LogP contribution in [-0.4, -0.2) is 19.3 Å². The minimum absolute atomic E-state index is 0.491. The van der Waals surface area contributed by atoms with Crippen molar-refractivity contribution >= 4 is 27.3 Å². The smallest absolute Gasteiger partial charge is 0.0701 e. The van der Waals surface area contributed by atoms with E-state index in [2.05, 4.69) is 40.3 Å². The summed E-state index contributed by atoms with van der Waals surface area (Å²) in [5.74, 6) is 0. The van der Waals surface area contributed by atoms with Crippen LogP contribution in [0.4, 0.5) is 0 Å². The van der Waals surface area contributed by atoms with E-state index in [4.69, 9.17) is 4.74 Å². The lowest BCUT2D eigenvalue weighted by molar-refractivity contribution is 0.0997. The zero-order chi connectivity index (χ0) is 12.8. The first-order valence-electron chi connectivity index (χ1n) is 6.90. The summed E-state index contributed by atoms with van der Waals surface area (Å²) in [6.45, 7) is 4.27. The van der Waals surface area contributed by atoms with Gasteiger partial charge in [0, 0.05) is 17.5 Å². The molecule has 1 fully saturated rings. The van der Waals surface area contributed by atoms with Crippen molar-refractivity contribution < 1.29 is 4.74 Å². The molecular weight excluding hydrogens is 310 g/mol. The summed E-state index contributed by atoms with van der Waals surface area (Å²) in [5, 5.41) is 3.66. The highest BCUT2D eigenvalue weighted by Crippen LogP contribution is 2.31. The van der Waals surface area contributed by atoms with E-state index >= 15 is 0 Å². The minimum atomic E-state index is 0.491. The fourth-order valence-corrected chi connectivity index (χ4v) is 3.94. The predicted octanol–water partition coefficient (Wildman–Crippen LogP) is 4.51. The number of hydrogen-bond donors (Lipinski definition) is 1. The first kappa shape index (κ1) is 14.5. The Bertz CT molecular complexity index is 349. The van der Waals surface area contributed by atoms with Gasteiger partial charge in [0.2, 0.25) is 0 Å². The van der Waals surface area contributed by atoms with Crippen LogP contribution in [0.25, 0.3) is 0 Å². The van der Waals surface area contributed by atoms with E-state index in [0.717, 1.165) is 13.2 Å². The van der Waals surface area contributed by atoms with Gasteiger partial charge in [0.05, 0.1) is 9.89 Å². The summed E-state index contributed by atoms with van der Waals surface area (Å²) in [6, 6.07) is 4.87. The Morgan fingerprint density at radius 2 is 2.44 bits per heavy atom. The van der Waals surface area contributed by atoms with E-state index in [9.17, 15) is 0 Å². The lowest BCUT2D eigenvalue weighted by atomic mass is 10.0. The third-order valence-corrected chi connectivity index (χ3v) is 5.12. The molecule has 2 nitrogen and oxygen atoms in total. The van der Waals surface area contributed by atoms with Crippen LogP contribution in [0.15, 0.2) is 15.9 Å². The number of thiophene rings is 1. The molecule has 1 saturated heterocycles. The molecule has 1 aliphatic heterocycles. The van der Waals surface area contributed by atoms with Crippen LogP contribution < -0.4 is 5.32 Å². The molecule has 1 N–H and O–H groups in total. The summed E-state index contributed by atoms with van der Waals surface area (Å²) >= 11 is 5.39. The molecule has 2 unspecified atom stereocenters. The van der Waals surface area contributed by atoms with Gasteiger partial charge in [0.25, 0.3) is 0 Å². The first-order valence-corrected chi connectivity index (χ1v) is 8.50. The molecule has 0 amide bonds. The zero-order valence-electron chi connectivity index (χ0n) is 11.0. The van der Waals surface area contributed by atoms with Crippen LogP contribution in [-0.2, 0) is 4.74 Å². The molecule has 2 atom stereocenters. The fourth-order valence-electron chi connectivity index (χ4n) is 2.40. The second kappa shape index (κ2) is 7.63. The maximum Gasteiger partial charge on any atom is 0.0701 e. The standard InChI is InChI=1S/C14H22BrNOS/c1-2-9-16-12(13-7-8-14(15)18-13)6-5-11-4-3-10-17-11/h7-8,11-12,16H,2-6,9-10H2,1H3. The van der Waals surface area contributed by atoms with E-state index < -0.39 is 0 Å². The Balaban J connectivity index is 1.87. The summed E-state index contributed by atoms with van der Waals surface area (Å²) in [4.78, 5) is 1.44. The van der Waals surface area contributed by atoms with Gasteiger partial charge in [-0.2, -0.15) is 0 Å². The van der Waals surface area contributed by atoms with Gasteiger partial charge in [-0.3, -0.25) is 0 Å². The third kappa shape index (κ3) is 4.34. The lowest BCUT2D eigenvalue weighted by Crippen LogP contribution is -2.22. The van der Waals surface area contributed by atoms with Gasteiger partial charge >= 0.3 is 0 Å². The highest BCUT2D eigenvalue weighted by Gasteiger charge is 2.19. The minimum Gasteiger partial charge on any atom is -0.378 e. The zero-order valence-corrected chi connectivity index (χ0v) is 13.4. The van der Waals surface area contributed by atoms with Crippen molar-refractivity contribution in [1.29, 1.82) is 0 Å². The maximum absolute atomic E-state index is 5.72.